The molecule has 4 amide bonds. The number of benzene rings is 2. The monoisotopic (exact) mass is 442 g/mol. The Kier molecular flexibility index (Phi) is 8.15. The molecule has 3 rings (SSSR count). The van der Waals surface area contributed by atoms with Crippen molar-refractivity contribution in [2.75, 3.05) is 38.2 Å². The van der Waals surface area contributed by atoms with E-state index in [4.69, 9.17) is 10.5 Å². The number of halogens is 1. The molecule has 1 heterocycles. The number of morpholine rings is 1. The van der Waals surface area contributed by atoms with Gasteiger partial charge < -0.3 is 26.0 Å². The molecule has 32 heavy (non-hydrogen) atoms. The minimum atomic E-state index is -0.662. The lowest BCUT2D eigenvalue weighted by Crippen LogP contribution is -2.47. The van der Waals surface area contributed by atoms with Gasteiger partial charge in [0.25, 0.3) is 0 Å². The molecule has 1 saturated heterocycles. The minimum Gasteiger partial charge on any atom is -0.378 e. The standard InChI is InChI=1S/C23H27FN4O4/c24-19-3-1-2-17(13-19)12-18(22(30)28-8-10-32-11-9-28)15-26-21(29)14-16-4-6-20(7-5-16)27-23(25)31/h1-7,13,18H,8-12,14-15H2,(H,26,29)(H3,25,27,31). The predicted molar refractivity (Wildman–Crippen MR) is 117 cm³/mol. The second kappa shape index (κ2) is 11.2. The molecular weight excluding hydrogens is 415 g/mol. The SMILES string of the molecule is NC(=O)Nc1ccc(CC(=O)NCC(Cc2cccc(F)c2)C(=O)N2CCOCC2)cc1. The molecule has 0 radical (unpaired) electrons. The van der Waals surface area contributed by atoms with Crippen molar-refractivity contribution in [3.8, 4) is 0 Å². The third kappa shape index (κ3) is 7.05. The van der Waals surface area contributed by atoms with E-state index in [-0.39, 0.29) is 30.6 Å². The average molecular weight is 442 g/mol. The molecule has 0 bridgehead atoms. The van der Waals surface area contributed by atoms with E-state index in [1.54, 1.807) is 41.3 Å². The van der Waals surface area contributed by atoms with Gasteiger partial charge in [-0.1, -0.05) is 24.3 Å². The van der Waals surface area contributed by atoms with Crippen molar-refractivity contribution in [3.05, 3.63) is 65.5 Å². The van der Waals surface area contributed by atoms with E-state index in [1.807, 2.05) is 0 Å². The zero-order valence-electron chi connectivity index (χ0n) is 17.7. The third-order valence-electron chi connectivity index (χ3n) is 5.17. The van der Waals surface area contributed by atoms with Crippen LogP contribution in [0.15, 0.2) is 48.5 Å². The summed E-state index contributed by atoms with van der Waals surface area (Å²) in [6.45, 7) is 2.10. The van der Waals surface area contributed by atoms with Gasteiger partial charge in [-0.3, -0.25) is 9.59 Å². The molecule has 1 aliphatic heterocycles. The quantitative estimate of drug-likeness (QED) is 0.577. The number of carbonyl (C=O) groups is 3. The molecule has 8 nitrogen and oxygen atoms in total. The molecule has 170 valence electrons. The molecule has 9 heteroatoms. The molecular formula is C23H27FN4O4. The van der Waals surface area contributed by atoms with Gasteiger partial charge in [-0.2, -0.15) is 0 Å². The fourth-order valence-electron chi connectivity index (χ4n) is 3.57. The summed E-state index contributed by atoms with van der Waals surface area (Å²) in [6.07, 6.45) is 0.441. The lowest BCUT2D eigenvalue weighted by Gasteiger charge is -2.30. The largest absolute Gasteiger partial charge is 0.378 e. The number of nitrogens with two attached hydrogens (primary N) is 1. The molecule has 1 atom stereocenters. The summed E-state index contributed by atoms with van der Waals surface area (Å²) in [5.41, 5.74) is 7.06. The average Bonchev–Trinajstić information content (AvgIpc) is 2.78. The smallest absolute Gasteiger partial charge is 0.316 e. The first-order valence-corrected chi connectivity index (χ1v) is 10.4. The van der Waals surface area contributed by atoms with Gasteiger partial charge >= 0.3 is 6.03 Å². The lowest BCUT2D eigenvalue weighted by atomic mass is 9.97. The predicted octanol–water partition coefficient (Wildman–Crippen LogP) is 1.69. The number of primary amides is 1. The molecule has 1 aliphatic rings. The summed E-state index contributed by atoms with van der Waals surface area (Å²) >= 11 is 0. The van der Waals surface area contributed by atoms with E-state index < -0.39 is 11.9 Å². The van der Waals surface area contributed by atoms with Crippen molar-refractivity contribution in [3.63, 3.8) is 0 Å². The molecule has 2 aromatic rings. The van der Waals surface area contributed by atoms with E-state index in [1.165, 1.54) is 12.1 Å². The van der Waals surface area contributed by atoms with Gasteiger partial charge in [0.1, 0.15) is 5.82 Å². The van der Waals surface area contributed by atoms with Gasteiger partial charge in [-0.25, -0.2) is 9.18 Å². The van der Waals surface area contributed by atoms with Crippen molar-refractivity contribution in [1.82, 2.24) is 10.2 Å². The van der Waals surface area contributed by atoms with Gasteiger partial charge in [0.2, 0.25) is 11.8 Å². The first kappa shape index (κ1) is 23.2. The number of ether oxygens (including phenoxy) is 1. The second-order valence-electron chi connectivity index (χ2n) is 7.64. The van der Waals surface area contributed by atoms with Crippen molar-refractivity contribution >= 4 is 23.5 Å². The maximum Gasteiger partial charge on any atom is 0.316 e. The maximum atomic E-state index is 13.6. The number of carbonyl (C=O) groups excluding carboxylic acids is 3. The van der Waals surface area contributed by atoms with Crippen LogP contribution in [0.1, 0.15) is 11.1 Å². The Hall–Kier alpha value is -3.46. The number of urea groups is 1. The summed E-state index contributed by atoms with van der Waals surface area (Å²) < 4.78 is 18.9. The Bertz CT molecular complexity index is 945. The van der Waals surface area contributed by atoms with Crippen LogP contribution in [0.2, 0.25) is 0 Å². The second-order valence-corrected chi connectivity index (χ2v) is 7.64. The molecule has 2 aromatic carbocycles. The van der Waals surface area contributed by atoms with Crippen molar-refractivity contribution in [2.24, 2.45) is 11.7 Å². The summed E-state index contributed by atoms with van der Waals surface area (Å²) in [6, 6.07) is 12.2. The van der Waals surface area contributed by atoms with Crippen LogP contribution < -0.4 is 16.4 Å². The normalized spacial score (nSPS) is 14.5. The number of anilines is 1. The van der Waals surface area contributed by atoms with Crippen LogP contribution >= 0.6 is 0 Å². The topological polar surface area (TPSA) is 114 Å². The van der Waals surface area contributed by atoms with E-state index >= 15 is 0 Å². The van der Waals surface area contributed by atoms with Gasteiger partial charge in [0, 0.05) is 25.3 Å². The minimum absolute atomic E-state index is 0.0836. The van der Waals surface area contributed by atoms with Crippen molar-refractivity contribution in [2.45, 2.75) is 12.8 Å². The van der Waals surface area contributed by atoms with Crippen molar-refractivity contribution in [1.29, 1.82) is 0 Å². The Morgan fingerprint density at radius 2 is 1.78 bits per heavy atom. The van der Waals surface area contributed by atoms with Gasteiger partial charge in [0.05, 0.1) is 25.6 Å². The zero-order chi connectivity index (χ0) is 22.9. The Morgan fingerprint density at radius 3 is 2.44 bits per heavy atom. The molecule has 0 aromatic heterocycles. The van der Waals surface area contributed by atoms with Gasteiger partial charge in [-0.05, 0) is 41.8 Å². The van der Waals surface area contributed by atoms with Crippen LogP contribution in [0, 0.1) is 11.7 Å². The molecule has 1 fully saturated rings. The summed E-state index contributed by atoms with van der Waals surface area (Å²) in [7, 11) is 0. The Labute approximate surface area is 185 Å². The van der Waals surface area contributed by atoms with Gasteiger partial charge in [-0.15, -0.1) is 0 Å². The highest BCUT2D eigenvalue weighted by molar-refractivity contribution is 5.88. The van der Waals surface area contributed by atoms with Crippen LogP contribution in [0.4, 0.5) is 14.9 Å². The van der Waals surface area contributed by atoms with Crippen LogP contribution in [0.5, 0.6) is 0 Å². The summed E-state index contributed by atoms with van der Waals surface area (Å²) in [4.78, 5) is 38.2. The number of rotatable bonds is 8. The molecule has 4 N–H and O–H groups in total. The molecule has 0 spiro atoms. The number of amides is 4. The Balaban J connectivity index is 1.61. The highest BCUT2D eigenvalue weighted by atomic mass is 19.1. The van der Waals surface area contributed by atoms with E-state index in [9.17, 15) is 18.8 Å². The van der Waals surface area contributed by atoms with Crippen LogP contribution in [0.3, 0.4) is 0 Å². The maximum absolute atomic E-state index is 13.6. The molecule has 0 aliphatic carbocycles. The third-order valence-corrected chi connectivity index (χ3v) is 5.17. The lowest BCUT2D eigenvalue weighted by molar-refractivity contribution is -0.139. The number of nitrogens with zero attached hydrogens (tertiary/aromatic N) is 1. The first-order chi connectivity index (χ1) is 15.4. The van der Waals surface area contributed by atoms with E-state index in [0.717, 1.165) is 5.56 Å². The Morgan fingerprint density at radius 1 is 1.06 bits per heavy atom. The first-order valence-electron chi connectivity index (χ1n) is 10.4. The van der Waals surface area contributed by atoms with E-state index in [0.29, 0.717) is 44.0 Å². The van der Waals surface area contributed by atoms with Crippen LogP contribution in [0.25, 0.3) is 0 Å². The molecule has 0 saturated carbocycles. The highest BCUT2D eigenvalue weighted by Gasteiger charge is 2.26. The van der Waals surface area contributed by atoms with Crippen LogP contribution in [-0.2, 0) is 27.2 Å². The molecule has 1 unspecified atom stereocenters. The van der Waals surface area contributed by atoms with E-state index in [2.05, 4.69) is 10.6 Å². The number of hydrogen-bond donors (Lipinski definition) is 3. The van der Waals surface area contributed by atoms with Crippen molar-refractivity contribution < 1.29 is 23.5 Å². The summed E-state index contributed by atoms with van der Waals surface area (Å²) in [5.74, 6) is -1.20. The fraction of sp³-hybridized carbons (Fsp3) is 0.348. The van der Waals surface area contributed by atoms with Gasteiger partial charge in [0.15, 0.2) is 0 Å². The zero-order valence-corrected chi connectivity index (χ0v) is 17.7. The number of hydrogen-bond acceptors (Lipinski definition) is 4. The van der Waals surface area contributed by atoms with Crippen LogP contribution in [-0.4, -0.2) is 55.6 Å². The number of nitrogens with one attached hydrogen (secondary N) is 2. The summed E-state index contributed by atoms with van der Waals surface area (Å²) in [5, 5.41) is 5.29. The highest BCUT2D eigenvalue weighted by Crippen LogP contribution is 2.15. The fourth-order valence-corrected chi connectivity index (χ4v) is 3.57.